The van der Waals surface area contributed by atoms with Gasteiger partial charge in [-0.2, -0.15) is 0 Å². The van der Waals surface area contributed by atoms with Crippen molar-refractivity contribution in [2.45, 2.75) is 25.8 Å². The van der Waals surface area contributed by atoms with Crippen LogP contribution in [0.2, 0.25) is 0 Å². The van der Waals surface area contributed by atoms with Gasteiger partial charge in [0.05, 0.1) is 6.42 Å². The number of benzene rings is 1. The van der Waals surface area contributed by atoms with E-state index >= 15 is 0 Å². The number of carbonyl (C=O) groups is 2. The Morgan fingerprint density at radius 2 is 2.16 bits per heavy atom. The monoisotopic (exact) mass is 262 g/mol. The summed E-state index contributed by atoms with van der Waals surface area (Å²) in [5.41, 5.74) is 0.635. The number of nitrogens with zero attached hydrogens (tertiary/aromatic N) is 1. The first-order valence-electron chi connectivity index (χ1n) is 6.38. The molecule has 1 unspecified atom stereocenters. The summed E-state index contributed by atoms with van der Waals surface area (Å²) >= 11 is 0. The molecule has 0 bridgehead atoms. The summed E-state index contributed by atoms with van der Waals surface area (Å²) < 4.78 is 0. The number of likely N-dealkylation sites (tertiary alicyclic amines) is 1. The highest BCUT2D eigenvalue weighted by atomic mass is 16.3. The van der Waals surface area contributed by atoms with E-state index in [4.69, 9.17) is 0 Å². The fourth-order valence-corrected chi connectivity index (χ4v) is 2.33. The van der Waals surface area contributed by atoms with Gasteiger partial charge in [-0.25, -0.2) is 0 Å². The summed E-state index contributed by atoms with van der Waals surface area (Å²) in [6, 6.07) is 6.89. The van der Waals surface area contributed by atoms with Crippen molar-refractivity contribution in [2.24, 2.45) is 0 Å². The second-order valence-corrected chi connectivity index (χ2v) is 4.83. The molecular weight excluding hydrogens is 244 g/mol. The van der Waals surface area contributed by atoms with E-state index in [-0.39, 0.29) is 30.0 Å². The van der Waals surface area contributed by atoms with Gasteiger partial charge in [0.1, 0.15) is 5.75 Å². The smallest absolute Gasteiger partial charge is 0.227 e. The van der Waals surface area contributed by atoms with Crippen molar-refractivity contribution in [1.29, 1.82) is 0 Å². The third-order valence-corrected chi connectivity index (χ3v) is 3.28. The lowest BCUT2D eigenvalue weighted by atomic mass is 10.1. The van der Waals surface area contributed by atoms with E-state index < -0.39 is 0 Å². The highest BCUT2D eigenvalue weighted by molar-refractivity contribution is 5.80. The Hall–Kier alpha value is -2.04. The Morgan fingerprint density at radius 3 is 2.84 bits per heavy atom. The molecule has 19 heavy (non-hydrogen) atoms. The molecule has 2 rings (SSSR count). The predicted octanol–water partition coefficient (Wildman–Crippen LogP) is 0.672. The van der Waals surface area contributed by atoms with Gasteiger partial charge in [-0.1, -0.05) is 18.2 Å². The van der Waals surface area contributed by atoms with Crippen molar-refractivity contribution in [3.63, 3.8) is 0 Å². The van der Waals surface area contributed by atoms with Crippen LogP contribution in [0.1, 0.15) is 18.9 Å². The van der Waals surface area contributed by atoms with Crippen molar-refractivity contribution >= 4 is 11.8 Å². The minimum atomic E-state index is -0.0694. The first-order valence-corrected chi connectivity index (χ1v) is 6.38. The summed E-state index contributed by atoms with van der Waals surface area (Å²) in [5, 5.41) is 12.5. The van der Waals surface area contributed by atoms with Crippen molar-refractivity contribution in [1.82, 2.24) is 10.2 Å². The van der Waals surface area contributed by atoms with E-state index in [0.29, 0.717) is 18.7 Å². The second kappa shape index (κ2) is 5.73. The fraction of sp³-hybridized carbons (Fsp3) is 0.429. The number of hydrogen-bond acceptors (Lipinski definition) is 3. The molecule has 1 heterocycles. The highest BCUT2D eigenvalue weighted by Gasteiger charge is 2.26. The minimum absolute atomic E-state index is 0.0191. The number of hydrogen-bond donors (Lipinski definition) is 2. The Bertz CT molecular complexity index is 487. The van der Waals surface area contributed by atoms with Crippen LogP contribution in [0.15, 0.2) is 24.3 Å². The zero-order chi connectivity index (χ0) is 13.8. The average molecular weight is 262 g/mol. The molecule has 1 fully saturated rings. The molecule has 1 atom stereocenters. The first kappa shape index (κ1) is 13.4. The van der Waals surface area contributed by atoms with Crippen LogP contribution in [0.4, 0.5) is 0 Å². The quantitative estimate of drug-likeness (QED) is 0.841. The van der Waals surface area contributed by atoms with Crippen LogP contribution < -0.4 is 5.32 Å². The van der Waals surface area contributed by atoms with Crippen molar-refractivity contribution in [2.75, 3.05) is 13.1 Å². The number of amides is 2. The van der Waals surface area contributed by atoms with Gasteiger partial charge in [-0.3, -0.25) is 9.59 Å². The number of phenolic OH excluding ortho intramolecular Hbond substituents is 1. The largest absolute Gasteiger partial charge is 0.508 e. The van der Waals surface area contributed by atoms with E-state index in [1.165, 1.54) is 6.92 Å². The van der Waals surface area contributed by atoms with Crippen LogP contribution in [0.5, 0.6) is 5.75 Å². The fourth-order valence-electron chi connectivity index (χ4n) is 2.33. The number of carbonyl (C=O) groups excluding carboxylic acids is 2. The summed E-state index contributed by atoms with van der Waals surface area (Å²) in [7, 11) is 0. The van der Waals surface area contributed by atoms with Crippen LogP contribution in [-0.4, -0.2) is 41.0 Å². The van der Waals surface area contributed by atoms with Gasteiger partial charge in [-0.05, 0) is 12.5 Å². The molecule has 5 heteroatoms. The molecule has 0 radical (unpaired) electrons. The van der Waals surface area contributed by atoms with Crippen molar-refractivity contribution < 1.29 is 14.7 Å². The van der Waals surface area contributed by atoms with Crippen LogP contribution >= 0.6 is 0 Å². The molecule has 0 aliphatic carbocycles. The lowest BCUT2D eigenvalue weighted by Crippen LogP contribution is -2.37. The van der Waals surface area contributed by atoms with Crippen molar-refractivity contribution in [3.05, 3.63) is 29.8 Å². The third kappa shape index (κ3) is 3.47. The number of para-hydroxylation sites is 1. The van der Waals surface area contributed by atoms with Crippen molar-refractivity contribution in [3.8, 4) is 5.75 Å². The van der Waals surface area contributed by atoms with Crippen LogP contribution in [0.3, 0.4) is 0 Å². The number of aromatic hydroxyl groups is 1. The molecule has 2 N–H and O–H groups in total. The van der Waals surface area contributed by atoms with Crippen LogP contribution in [0.25, 0.3) is 0 Å². The summed E-state index contributed by atoms with van der Waals surface area (Å²) in [4.78, 5) is 24.8. The van der Waals surface area contributed by atoms with E-state index in [1.807, 2.05) is 0 Å². The van der Waals surface area contributed by atoms with E-state index in [9.17, 15) is 14.7 Å². The predicted molar refractivity (Wildman–Crippen MR) is 70.6 cm³/mol. The summed E-state index contributed by atoms with van der Waals surface area (Å²) in [6.45, 7) is 2.68. The lowest BCUT2D eigenvalue weighted by molar-refractivity contribution is -0.129. The number of phenols is 1. The van der Waals surface area contributed by atoms with Gasteiger partial charge in [0.25, 0.3) is 0 Å². The topological polar surface area (TPSA) is 69.6 Å². The maximum absolute atomic E-state index is 12.1. The molecule has 0 saturated carbocycles. The number of rotatable bonds is 3. The van der Waals surface area contributed by atoms with E-state index in [0.717, 1.165) is 6.42 Å². The molecule has 5 nitrogen and oxygen atoms in total. The molecule has 2 amide bonds. The Balaban J connectivity index is 1.91. The average Bonchev–Trinajstić information content (AvgIpc) is 2.79. The number of nitrogens with one attached hydrogen (secondary N) is 1. The molecule has 0 spiro atoms. The van der Waals surface area contributed by atoms with Gasteiger partial charge in [0.15, 0.2) is 0 Å². The zero-order valence-electron chi connectivity index (χ0n) is 10.9. The molecule has 1 aromatic carbocycles. The van der Waals surface area contributed by atoms with Gasteiger partial charge in [0.2, 0.25) is 11.8 Å². The van der Waals surface area contributed by atoms with Gasteiger partial charge < -0.3 is 15.3 Å². The molecule has 1 aliphatic rings. The Kier molecular flexibility index (Phi) is 4.04. The standard InChI is InChI=1S/C14H18N2O3/c1-10(17)15-12-6-7-16(9-12)14(19)8-11-4-2-3-5-13(11)18/h2-5,12,18H,6-9H2,1H3,(H,15,17). The SMILES string of the molecule is CC(=O)NC1CCN(C(=O)Cc2ccccc2O)C1. The van der Waals surface area contributed by atoms with Crippen LogP contribution in [-0.2, 0) is 16.0 Å². The lowest BCUT2D eigenvalue weighted by Gasteiger charge is -2.17. The third-order valence-electron chi connectivity index (χ3n) is 3.28. The Labute approximate surface area is 112 Å². The minimum Gasteiger partial charge on any atom is -0.508 e. The van der Waals surface area contributed by atoms with E-state index in [2.05, 4.69) is 5.32 Å². The first-order chi connectivity index (χ1) is 9.06. The molecule has 1 saturated heterocycles. The maximum atomic E-state index is 12.1. The molecule has 1 aliphatic heterocycles. The van der Waals surface area contributed by atoms with E-state index in [1.54, 1.807) is 29.2 Å². The van der Waals surface area contributed by atoms with Gasteiger partial charge in [0, 0.05) is 31.6 Å². The molecule has 0 aromatic heterocycles. The summed E-state index contributed by atoms with van der Waals surface area (Å²) in [6.07, 6.45) is 0.978. The normalized spacial score (nSPS) is 18.4. The molecular formula is C14H18N2O3. The second-order valence-electron chi connectivity index (χ2n) is 4.83. The maximum Gasteiger partial charge on any atom is 0.227 e. The zero-order valence-corrected chi connectivity index (χ0v) is 10.9. The highest BCUT2D eigenvalue weighted by Crippen LogP contribution is 2.18. The van der Waals surface area contributed by atoms with Gasteiger partial charge in [-0.15, -0.1) is 0 Å². The van der Waals surface area contributed by atoms with Crippen LogP contribution in [0, 0.1) is 0 Å². The Morgan fingerprint density at radius 1 is 1.42 bits per heavy atom. The molecule has 1 aromatic rings. The molecule has 102 valence electrons. The van der Waals surface area contributed by atoms with Gasteiger partial charge >= 0.3 is 0 Å². The summed E-state index contributed by atoms with van der Waals surface area (Å²) in [5.74, 6) is 0.0582.